The summed E-state index contributed by atoms with van der Waals surface area (Å²) in [7, 11) is 0. The zero-order valence-corrected chi connectivity index (χ0v) is 19.2. The smallest absolute Gasteiger partial charge is 0.263 e. The number of nitrogens with one attached hydrogen (secondary N) is 1. The summed E-state index contributed by atoms with van der Waals surface area (Å²) in [5, 5.41) is 4.24. The third kappa shape index (κ3) is 4.12. The Morgan fingerprint density at radius 2 is 1.86 bits per heavy atom. The number of carbonyl (C=O) groups excluding carboxylic acids is 1. The Hall–Kier alpha value is -2.12. The second kappa shape index (κ2) is 9.13. The van der Waals surface area contributed by atoms with E-state index in [1.807, 2.05) is 30.5 Å². The maximum atomic E-state index is 13.2. The van der Waals surface area contributed by atoms with Crippen molar-refractivity contribution < 1.29 is 4.79 Å². The first kappa shape index (κ1) is 21.6. The molecular weight excluding hydrogens is 402 g/mol. The molecule has 0 aliphatic carbocycles. The second-order valence-corrected chi connectivity index (χ2v) is 8.77. The number of benzene rings is 1. The van der Waals surface area contributed by atoms with Gasteiger partial charge in [0.05, 0.1) is 5.39 Å². The molecule has 7 heteroatoms. The molecule has 5 nitrogen and oxygen atoms in total. The van der Waals surface area contributed by atoms with Crippen LogP contribution in [0.2, 0.25) is 0 Å². The number of rotatable bonds is 7. The van der Waals surface area contributed by atoms with Gasteiger partial charge in [0.2, 0.25) is 5.91 Å². The van der Waals surface area contributed by atoms with Gasteiger partial charge in [0.15, 0.2) is 5.16 Å². The van der Waals surface area contributed by atoms with Crippen LogP contribution in [-0.4, -0.2) is 21.7 Å². The second-order valence-electron chi connectivity index (χ2n) is 6.88. The number of thiophene rings is 1. The van der Waals surface area contributed by atoms with Crippen LogP contribution in [0.15, 0.2) is 34.2 Å². The molecule has 0 spiro atoms. The lowest BCUT2D eigenvalue weighted by Gasteiger charge is -2.20. The van der Waals surface area contributed by atoms with E-state index in [0.29, 0.717) is 10.5 Å². The van der Waals surface area contributed by atoms with Gasteiger partial charge in [-0.05, 0) is 49.6 Å². The molecule has 0 fully saturated rings. The normalized spacial score (nSPS) is 12.3. The van der Waals surface area contributed by atoms with Crippen LogP contribution in [0.3, 0.4) is 0 Å². The highest BCUT2D eigenvalue weighted by molar-refractivity contribution is 7.98. The predicted octanol–water partition coefficient (Wildman–Crippen LogP) is 5.07. The highest BCUT2D eigenvalue weighted by Gasteiger charge is 2.23. The number of thioether (sulfide) groups is 1. The molecule has 1 unspecified atom stereocenters. The lowest BCUT2D eigenvalue weighted by molar-refractivity contribution is -0.119. The first-order chi connectivity index (χ1) is 13.9. The van der Waals surface area contributed by atoms with Crippen molar-refractivity contribution in [2.24, 2.45) is 0 Å². The standard InChI is InChI=1S/C22H27N3O2S2/c1-6-14-10-9-11-15(7-2)18(14)23-19(26)13(4)25-21(27)17-12-16(8-3)29-20(17)24-22(25)28-5/h9-13H,6-8H2,1-5H3,(H,23,26). The van der Waals surface area contributed by atoms with Crippen molar-refractivity contribution >= 4 is 44.9 Å². The van der Waals surface area contributed by atoms with Gasteiger partial charge in [0, 0.05) is 10.6 Å². The van der Waals surface area contributed by atoms with E-state index >= 15 is 0 Å². The van der Waals surface area contributed by atoms with E-state index in [9.17, 15) is 9.59 Å². The van der Waals surface area contributed by atoms with E-state index in [0.717, 1.165) is 45.8 Å². The van der Waals surface area contributed by atoms with Crippen molar-refractivity contribution in [2.75, 3.05) is 11.6 Å². The molecule has 0 saturated carbocycles. The summed E-state index contributed by atoms with van der Waals surface area (Å²) in [6.45, 7) is 7.97. The number of aromatic nitrogens is 2. The molecule has 3 rings (SSSR count). The molecule has 2 aromatic heterocycles. The number of anilines is 1. The molecule has 0 saturated heterocycles. The van der Waals surface area contributed by atoms with Crippen LogP contribution in [0.1, 0.15) is 49.7 Å². The Labute approximate surface area is 179 Å². The van der Waals surface area contributed by atoms with Gasteiger partial charge in [-0.2, -0.15) is 0 Å². The molecule has 1 atom stereocenters. The lowest BCUT2D eigenvalue weighted by atomic mass is 10.0. The average Bonchev–Trinajstić information content (AvgIpc) is 3.16. The Morgan fingerprint density at radius 3 is 2.41 bits per heavy atom. The maximum Gasteiger partial charge on any atom is 0.263 e. The molecule has 1 N–H and O–H groups in total. The number of carbonyl (C=O) groups is 1. The highest BCUT2D eigenvalue weighted by atomic mass is 32.2. The molecule has 29 heavy (non-hydrogen) atoms. The van der Waals surface area contributed by atoms with E-state index < -0.39 is 6.04 Å². The van der Waals surface area contributed by atoms with Crippen molar-refractivity contribution in [1.82, 2.24) is 9.55 Å². The monoisotopic (exact) mass is 429 g/mol. The zero-order valence-electron chi connectivity index (χ0n) is 17.5. The van der Waals surface area contributed by atoms with Gasteiger partial charge in [-0.1, -0.05) is 50.7 Å². The Bertz CT molecular complexity index is 1080. The molecule has 0 radical (unpaired) electrons. The number of aryl methyl sites for hydroxylation is 3. The minimum atomic E-state index is -0.665. The number of fused-ring (bicyclic) bond motifs is 1. The Balaban J connectivity index is 2.03. The Morgan fingerprint density at radius 1 is 1.21 bits per heavy atom. The molecule has 2 heterocycles. The summed E-state index contributed by atoms with van der Waals surface area (Å²) in [6, 6.07) is 7.32. The van der Waals surface area contributed by atoms with E-state index in [-0.39, 0.29) is 11.5 Å². The number of hydrogen-bond acceptors (Lipinski definition) is 5. The van der Waals surface area contributed by atoms with Crippen molar-refractivity contribution in [3.8, 4) is 0 Å². The zero-order chi connectivity index (χ0) is 21.1. The topological polar surface area (TPSA) is 64.0 Å². The predicted molar refractivity (Wildman–Crippen MR) is 124 cm³/mol. The van der Waals surface area contributed by atoms with E-state index in [4.69, 9.17) is 0 Å². The summed E-state index contributed by atoms with van der Waals surface area (Å²) >= 11 is 2.93. The fourth-order valence-corrected chi connectivity index (χ4v) is 5.07. The molecule has 3 aromatic rings. The van der Waals surface area contributed by atoms with Crippen molar-refractivity contribution in [2.45, 2.75) is 58.2 Å². The average molecular weight is 430 g/mol. The summed E-state index contributed by atoms with van der Waals surface area (Å²) in [5.74, 6) is -0.204. The van der Waals surface area contributed by atoms with Gasteiger partial charge in [-0.15, -0.1) is 11.3 Å². The van der Waals surface area contributed by atoms with Crippen molar-refractivity contribution in [3.63, 3.8) is 0 Å². The Kier molecular flexibility index (Phi) is 6.80. The fraction of sp³-hybridized carbons (Fsp3) is 0.409. The van der Waals surface area contributed by atoms with Gasteiger partial charge in [0.25, 0.3) is 5.56 Å². The van der Waals surface area contributed by atoms with E-state index in [2.05, 4.69) is 31.1 Å². The first-order valence-electron chi connectivity index (χ1n) is 9.95. The molecule has 1 amide bonds. The van der Waals surface area contributed by atoms with Crippen LogP contribution in [-0.2, 0) is 24.1 Å². The minimum absolute atomic E-state index is 0.155. The third-order valence-electron chi connectivity index (χ3n) is 5.16. The third-order valence-corrected chi connectivity index (χ3v) is 6.99. The highest BCUT2D eigenvalue weighted by Crippen LogP contribution is 2.27. The number of amides is 1. The SMILES string of the molecule is CCc1cc2c(=O)n(C(C)C(=O)Nc3c(CC)cccc3CC)c(SC)nc2s1. The van der Waals surface area contributed by atoms with E-state index in [1.54, 1.807) is 18.3 Å². The summed E-state index contributed by atoms with van der Waals surface area (Å²) < 4.78 is 1.52. The van der Waals surface area contributed by atoms with Gasteiger partial charge in [-0.3, -0.25) is 14.2 Å². The summed E-state index contributed by atoms with van der Waals surface area (Å²) in [4.78, 5) is 32.9. The van der Waals surface area contributed by atoms with Crippen LogP contribution in [0, 0.1) is 0 Å². The molecule has 0 aliphatic rings. The molecule has 154 valence electrons. The molecule has 1 aromatic carbocycles. The van der Waals surface area contributed by atoms with Crippen LogP contribution >= 0.6 is 23.1 Å². The maximum absolute atomic E-state index is 13.2. The van der Waals surface area contributed by atoms with E-state index in [1.165, 1.54) is 16.3 Å². The fourth-order valence-electron chi connectivity index (χ4n) is 3.43. The number of para-hydroxylation sites is 1. The molecular formula is C22H27N3O2S2. The van der Waals surface area contributed by atoms with Gasteiger partial charge >= 0.3 is 0 Å². The first-order valence-corrected chi connectivity index (χ1v) is 12.0. The largest absolute Gasteiger partial charge is 0.324 e. The van der Waals surface area contributed by atoms with Crippen LogP contribution in [0.5, 0.6) is 0 Å². The van der Waals surface area contributed by atoms with Gasteiger partial charge in [-0.25, -0.2) is 4.98 Å². The summed E-state index contributed by atoms with van der Waals surface area (Å²) in [6.07, 6.45) is 4.40. The van der Waals surface area contributed by atoms with Crippen LogP contribution in [0.4, 0.5) is 5.69 Å². The van der Waals surface area contributed by atoms with Crippen LogP contribution < -0.4 is 10.9 Å². The molecule has 0 aliphatic heterocycles. The minimum Gasteiger partial charge on any atom is -0.324 e. The number of nitrogens with zero attached hydrogens (tertiary/aromatic N) is 2. The molecule has 0 bridgehead atoms. The van der Waals surface area contributed by atoms with Gasteiger partial charge in [0.1, 0.15) is 10.9 Å². The van der Waals surface area contributed by atoms with Crippen LogP contribution in [0.25, 0.3) is 10.2 Å². The lowest BCUT2D eigenvalue weighted by Crippen LogP contribution is -2.33. The van der Waals surface area contributed by atoms with Crippen molar-refractivity contribution in [1.29, 1.82) is 0 Å². The quantitative estimate of drug-likeness (QED) is 0.421. The summed E-state index contributed by atoms with van der Waals surface area (Å²) in [5.41, 5.74) is 2.91. The van der Waals surface area contributed by atoms with Gasteiger partial charge < -0.3 is 5.32 Å². The van der Waals surface area contributed by atoms with Crippen molar-refractivity contribution in [3.05, 3.63) is 50.6 Å². The number of hydrogen-bond donors (Lipinski definition) is 1.